The lowest BCUT2D eigenvalue weighted by molar-refractivity contribution is -0.147. The third-order valence-electron chi connectivity index (χ3n) is 4.56. The Morgan fingerprint density at radius 3 is 2.00 bits per heavy atom. The first kappa shape index (κ1) is 14.7. The molecule has 0 unspecified atom stereocenters. The average molecular weight is 250 g/mol. The number of likely N-dealkylation sites (tertiary alicyclic amines) is 1. The molecule has 1 heterocycles. The van der Waals surface area contributed by atoms with Crippen LogP contribution >= 0.6 is 0 Å². The first-order chi connectivity index (χ1) is 8.46. The molecule has 0 N–H and O–H groups in total. The summed E-state index contributed by atoms with van der Waals surface area (Å²) in [6.07, 6.45) is 2.53. The summed E-state index contributed by atoms with van der Waals surface area (Å²) in [5.74, 6) is -0.336. The molecule has 0 saturated carbocycles. The average Bonchev–Trinajstić information content (AvgIpc) is 2.66. The molecule has 1 saturated heterocycles. The maximum Gasteiger partial charge on any atom is 0.237 e. The minimum atomic E-state index is -0.958. The Bertz CT molecular complexity index is 387. The van der Waals surface area contributed by atoms with Gasteiger partial charge in [0.1, 0.15) is 5.54 Å². The highest BCUT2D eigenvalue weighted by Gasteiger charge is 2.55. The third-order valence-corrected chi connectivity index (χ3v) is 4.56. The molecular weight excluding hydrogens is 228 g/mol. The number of carbonyl (C=O) groups is 2. The van der Waals surface area contributed by atoms with Crippen molar-refractivity contribution in [3.05, 3.63) is 0 Å². The van der Waals surface area contributed by atoms with Crippen LogP contribution in [0.25, 0.3) is 0 Å². The van der Waals surface area contributed by atoms with E-state index in [-0.39, 0.29) is 18.2 Å². The highest BCUT2D eigenvalue weighted by molar-refractivity contribution is 6.07. The molecule has 0 aromatic carbocycles. The van der Waals surface area contributed by atoms with Gasteiger partial charge in [-0.15, -0.1) is 0 Å². The van der Waals surface area contributed by atoms with E-state index in [1.54, 1.807) is 0 Å². The van der Waals surface area contributed by atoms with Crippen molar-refractivity contribution in [3.8, 4) is 6.07 Å². The van der Waals surface area contributed by atoms with Crippen LogP contribution in [0.3, 0.4) is 0 Å². The molecule has 1 aliphatic heterocycles. The van der Waals surface area contributed by atoms with Crippen LogP contribution in [0.1, 0.15) is 59.8 Å². The predicted octanol–water partition coefficient (Wildman–Crippen LogP) is 2.63. The number of nitriles is 1. The molecule has 0 atom stereocenters. The summed E-state index contributed by atoms with van der Waals surface area (Å²) >= 11 is 0. The monoisotopic (exact) mass is 250 g/mol. The van der Waals surface area contributed by atoms with Crippen LogP contribution in [0.5, 0.6) is 0 Å². The quantitative estimate of drug-likeness (QED) is 0.705. The molecule has 18 heavy (non-hydrogen) atoms. The molecule has 0 radical (unpaired) electrons. The van der Waals surface area contributed by atoms with E-state index in [1.807, 2.05) is 27.7 Å². The highest BCUT2D eigenvalue weighted by atomic mass is 16.2. The van der Waals surface area contributed by atoms with Gasteiger partial charge in [0.2, 0.25) is 11.8 Å². The summed E-state index contributed by atoms with van der Waals surface area (Å²) in [4.78, 5) is 26.0. The number of rotatable bonds is 5. The first-order valence-electron chi connectivity index (χ1n) is 6.75. The van der Waals surface area contributed by atoms with E-state index in [9.17, 15) is 14.9 Å². The van der Waals surface area contributed by atoms with Crippen molar-refractivity contribution in [2.45, 2.75) is 65.3 Å². The molecule has 1 aliphatic rings. The summed E-state index contributed by atoms with van der Waals surface area (Å²) in [5, 5.41) is 9.39. The number of hydrogen-bond donors (Lipinski definition) is 0. The zero-order chi connectivity index (χ0) is 14.0. The third kappa shape index (κ3) is 1.82. The summed E-state index contributed by atoms with van der Waals surface area (Å²) in [6.45, 7) is 7.57. The molecule has 0 spiro atoms. The topological polar surface area (TPSA) is 61.2 Å². The maximum atomic E-state index is 12.6. The fraction of sp³-hybridized carbons (Fsp3) is 0.786. The number of amides is 2. The molecule has 4 nitrogen and oxygen atoms in total. The van der Waals surface area contributed by atoms with Gasteiger partial charge in [-0.3, -0.25) is 14.5 Å². The summed E-state index contributed by atoms with van der Waals surface area (Å²) in [7, 11) is 0. The lowest BCUT2D eigenvalue weighted by Crippen LogP contribution is -2.51. The van der Waals surface area contributed by atoms with Gasteiger partial charge in [-0.05, 0) is 25.7 Å². The Morgan fingerprint density at radius 2 is 1.72 bits per heavy atom. The minimum Gasteiger partial charge on any atom is -0.274 e. The second-order valence-corrected chi connectivity index (χ2v) is 5.05. The van der Waals surface area contributed by atoms with Gasteiger partial charge in [0.25, 0.3) is 0 Å². The summed E-state index contributed by atoms with van der Waals surface area (Å²) in [6, 6.07) is 2.19. The van der Waals surface area contributed by atoms with Crippen molar-refractivity contribution in [1.82, 2.24) is 4.90 Å². The largest absolute Gasteiger partial charge is 0.274 e. The van der Waals surface area contributed by atoms with Gasteiger partial charge in [0.15, 0.2) is 0 Å². The zero-order valence-electron chi connectivity index (χ0n) is 11.7. The summed E-state index contributed by atoms with van der Waals surface area (Å²) in [5.41, 5.74) is -1.54. The Balaban J connectivity index is 3.24. The van der Waals surface area contributed by atoms with Gasteiger partial charge >= 0.3 is 0 Å². The number of hydrogen-bond acceptors (Lipinski definition) is 3. The van der Waals surface area contributed by atoms with E-state index in [0.717, 1.165) is 0 Å². The van der Waals surface area contributed by atoms with Crippen molar-refractivity contribution in [2.24, 2.45) is 5.41 Å². The molecule has 2 amide bonds. The van der Waals surface area contributed by atoms with E-state index < -0.39 is 11.0 Å². The molecule has 0 bridgehead atoms. The molecule has 1 rings (SSSR count). The SMILES string of the molecule is CCC1(CC)CC(=O)N(C(C#N)(CC)CC)C1=O. The normalized spacial score (nSPS) is 19.2. The molecule has 0 aliphatic carbocycles. The van der Waals surface area contributed by atoms with Crippen LogP contribution in [0.2, 0.25) is 0 Å². The van der Waals surface area contributed by atoms with Gasteiger partial charge in [-0.1, -0.05) is 27.7 Å². The molecule has 4 heteroatoms. The minimum absolute atomic E-state index is 0.150. The Morgan fingerprint density at radius 1 is 1.22 bits per heavy atom. The second kappa shape index (κ2) is 5.09. The van der Waals surface area contributed by atoms with E-state index in [0.29, 0.717) is 25.7 Å². The molecular formula is C14H22N2O2. The fourth-order valence-electron chi connectivity index (χ4n) is 2.80. The van der Waals surface area contributed by atoms with Gasteiger partial charge in [-0.25, -0.2) is 0 Å². The van der Waals surface area contributed by atoms with Crippen LogP contribution in [-0.2, 0) is 9.59 Å². The predicted molar refractivity (Wildman–Crippen MR) is 68.4 cm³/mol. The Kier molecular flexibility index (Phi) is 4.16. The smallest absolute Gasteiger partial charge is 0.237 e. The lowest BCUT2D eigenvalue weighted by Gasteiger charge is -2.34. The fourth-order valence-corrected chi connectivity index (χ4v) is 2.80. The van der Waals surface area contributed by atoms with E-state index >= 15 is 0 Å². The van der Waals surface area contributed by atoms with E-state index in [2.05, 4.69) is 6.07 Å². The first-order valence-corrected chi connectivity index (χ1v) is 6.75. The lowest BCUT2D eigenvalue weighted by atomic mass is 9.80. The van der Waals surface area contributed by atoms with Crippen molar-refractivity contribution in [1.29, 1.82) is 5.26 Å². The van der Waals surface area contributed by atoms with Gasteiger partial charge in [0.05, 0.1) is 11.5 Å². The van der Waals surface area contributed by atoms with Crippen LogP contribution < -0.4 is 0 Å². The number of imide groups is 1. The Hall–Kier alpha value is -1.37. The van der Waals surface area contributed by atoms with Crippen molar-refractivity contribution >= 4 is 11.8 Å². The van der Waals surface area contributed by atoms with Gasteiger partial charge < -0.3 is 0 Å². The standard InChI is InChI=1S/C14H22N2O2/c1-5-13(6-2)9-11(17)16(12(13)18)14(7-3,8-4)10-15/h5-9H2,1-4H3. The van der Waals surface area contributed by atoms with Crippen molar-refractivity contribution < 1.29 is 9.59 Å². The van der Waals surface area contributed by atoms with E-state index in [4.69, 9.17) is 0 Å². The van der Waals surface area contributed by atoms with Gasteiger partial charge in [0, 0.05) is 6.42 Å². The Labute approximate surface area is 109 Å². The van der Waals surface area contributed by atoms with Crippen LogP contribution in [0.4, 0.5) is 0 Å². The zero-order valence-corrected chi connectivity index (χ0v) is 11.7. The van der Waals surface area contributed by atoms with E-state index in [1.165, 1.54) is 4.90 Å². The summed E-state index contributed by atoms with van der Waals surface area (Å²) < 4.78 is 0. The second-order valence-electron chi connectivity index (χ2n) is 5.05. The number of carbonyl (C=O) groups excluding carboxylic acids is 2. The maximum absolute atomic E-state index is 12.6. The van der Waals surface area contributed by atoms with Crippen molar-refractivity contribution in [3.63, 3.8) is 0 Å². The number of nitrogens with zero attached hydrogens (tertiary/aromatic N) is 2. The molecule has 1 fully saturated rings. The van der Waals surface area contributed by atoms with Crippen LogP contribution in [0, 0.1) is 16.7 Å². The van der Waals surface area contributed by atoms with Crippen LogP contribution in [0.15, 0.2) is 0 Å². The van der Waals surface area contributed by atoms with Crippen molar-refractivity contribution in [2.75, 3.05) is 0 Å². The van der Waals surface area contributed by atoms with Gasteiger partial charge in [-0.2, -0.15) is 5.26 Å². The molecule has 0 aromatic heterocycles. The molecule has 100 valence electrons. The highest BCUT2D eigenvalue weighted by Crippen LogP contribution is 2.43. The molecule has 0 aromatic rings. The van der Waals surface area contributed by atoms with Crippen LogP contribution in [-0.4, -0.2) is 22.3 Å².